The molecule has 33 heavy (non-hydrogen) atoms. The van der Waals surface area contributed by atoms with E-state index >= 15 is 0 Å². The predicted molar refractivity (Wildman–Crippen MR) is 122 cm³/mol. The van der Waals surface area contributed by atoms with E-state index in [4.69, 9.17) is 15.0 Å². The normalized spacial score (nSPS) is 22.4. The van der Waals surface area contributed by atoms with Crippen molar-refractivity contribution >= 4 is 29.3 Å². The molecule has 2 aromatic rings. The molecular formula is C23H24FN5O3S. The van der Waals surface area contributed by atoms with Crippen LogP contribution < -0.4 is 10.6 Å². The van der Waals surface area contributed by atoms with Gasteiger partial charge in [-0.3, -0.25) is 15.0 Å². The minimum absolute atomic E-state index is 0.0323. The van der Waals surface area contributed by atoms with Gasteiger partial charge in [0.1, 0.15) is 23.0 Å². The Bertz CT molecular complexity index is 1200. The lowest BCUT2D eigenvalue weighted by atomic mass is 9.83. The maximum Gasteiger partial charge on any atom is 0.414 e. The van der Waals surface area contributed by atoms with E-state index < -0.39 is 29.0 Å². The van der Waals surface area contributed by atoms with Crippen LogP contribution in [0.4, 0.5) is 9.18 Å². The number of amides is 2. The van der Waals surface area contributed by atoms with Crippen molar-refractivity contribution in [3.63, 3.8) is 0 Å². The van der Waals surface area contributed by atoms with E-state index in [1.165, 1.54) is 28.4 Å². The summed E-state index contributed by atoms with van der Waals surface area (Å²) < 4.78 is 19.1. The van der Waals surface area contributed by atoms with Crippen LogP contribution in [0.3, 0.4) is 0 Å². The summed E-state index contributed by atoms with van der Waals surface area (Å²) in [7, 11) is 1.57. The van der Waals surface area contributed by atoms with Crippen molar-refractivity contribution in [1.29, 1.82) is 5.26 Å². The third-order valence-electron chi connectivity index (χ3n) is 5.63. The number of fused-ring (bicyclic) bond motifs is 1. The van der Waals surface area contributed by atoms with E-state index in [0.717, 1.165) is 10.4 Å². The van der Waals surface area contributed by atoms with Gasteiger partial charge in [-0.1, -0.05) is 6.07 Å². The van der Waals surface area contributed by atoms with Gasteiger partial charge in [0.05, 0.1) is 11.5 Å². The van der Waals surface area contributed by atoms with Crippen LogP contribution in [0, 0.1) is 23.1 Å². The Labute approximate surface area is 195 Å². The van der Waals surface area contributed by atoms with Crippen molar-refractivity contribution in [2.45, 2.75) is 31.9 Å². The number of nitrogens with zero attached hydrogens (tertiary/aromatic N) is 3. The van der Waals surface area contributed by atoms with Gasteiger partial charge in [-0.25, -0.2) is 14.2 Å². The molecule has 8 nitrogen and oxygen atoms in total. The first kappa shape index (κ1) is 22.9. The number of hydrogen-bond acceptors (Lipinski definition) is 7. The molecule has 2 aliphatic heterocycles. The maximum atomic E-state index is 13.8. The number of nitrogens with one attached hydrogen (secondary N) is 2. The zero-order valence-corrected chi connectivity index (χ0v) is 19.5. The molecule has 172 valence electrons. The molecule has 1 aromatic carbocycles. The van der Waals surface area contributed by atoms with Crippen LogP contribution in [-0.4, -0.2) is 48.6 Å². The lowest BCUT2D eigenvalue weighted by molar-refractivity contribution is -0.132. The zero-order chi connectivity index (χ0) is 24.0. The van der Waals surface area contributed by atoms with E-state index in [9.17, 15) is 14.0 Å². The van der Waals surface area contributed by atoms with Gasteiger partial charge in [0.15, 0.2) is 0 Å². The number of ether oxygens (including phenoxy) is 1. The van der Waals surface area contributed by atoms with Crippen LogP contribution in [0.25, 0.3) is 11.1 Å². The monoisotopic (exact) mass is 469 g/mol. The van der Waals surface area contributed by atoms with Gasteiger partial charge in [-0.2, -0.15) is 5.26 Å². The summed E-state index contributed by atoms with van der Waals surface area (Å²) in [5, 5.41) is 16.9. The van der Waals surface area contributed by atoms with Crippen LogP contribution in [-0.2, 0) is 15.1 Å². The van der Waals surface area contributed by atoms with Gasteiger partial charge in [-0.05, 0) is 55.5 Å². The summed E-state index contributed by atoms with van der Waals surface area (Å²) in [4.78, 5) is 32.6. The molecule has 0 bridgehead atoms. The minimum Gasteiger partial charge on any atom is -0.444 e. The van der Waals surface area contributed by atoms with E-state index in [2.05, 4.69) is 10.6 Å². The molecule has 1 fully saturated rings. The number of aliphatic imine (C=N–C) groups is 1. The van der Waals surface area contributed by atoms with Gasteiger partial charge < -0.3 is 10.1 Å². The van der Waals surface area contributed by atoms with E-state index in [1.54, 1.807) is 33.9 Å². The molecule has 0 radical (unpaired) electrons. The predicted octanol–water partition coefficient (Wildman–Crippen LogP) is 3.19. The first-order valence-corrected chi connectivity index (χ1v) is 11.3. The average molecular weight is 470 g/mol. The molecule has 2 amide bonds. The number of hydrogen-bond donors (Lipinski definition) is 2. The summed E-state index contributed by atoms with van der Waals surface area (Å²) in [6, 6.07) is 8.15. The van der Waals surface area contributed by atoms with Gasteiger partial charge in [-0.15, -0.1) is 11.3 Å². The Balaban J connectivity index is 1.72. The van der Waals surface area contributed by atoms with E-state index in [1.807, 2.05) is 17.5 Å². The smallest absolute Gasteiger partial charge is 0.414 e. The largest absolute Gasteiger partial charge is 0.444 e. The zero-order valence-electron chi connectivity index (χ0n) is 18.7. The summed E-state index contributed by atoms with van der Waals surface area (Å²) in [6.45, 7) is 6.13. The van der Waals surface area contributed by atoms with E-state index in [-0.39, 0.29) is 17.4 Å². The number of nitriles is 1. The van der Waals surface area contributed by atoms with Gasteiger partial charge in [0, 0.05) is 25.0 Å². The first-order valence-electron chi connectivity index (χ1n) is 10.4. The molecule has 1 saturated heterocycles. The van der Waals surface area contributed by atoms with Gasteiger partial charge >= 0.3 is 6.09 Å². The van der Waals surface area contributed by atoms with Crippen molar-refractivity contribution in [1.82, 2.24) is 15.5 Å². The number of halogens is 1. The molecule has 0 saturated carbocycles. The molecule has 1 unspecified atom stereocenters. The molecule has 0 aliphatic carbocycles. The first-order chi connectivity index (χ1) is 15.5. The molecule has 0 spiro atoms. The molecule has 2 atom stereocenters. The number of carbonyl (C=O) groups excluding carboxylic acids is 2. The second-order valence-electron chi connectivity index (χ2n) is 9.07. The fraction of sp³-hybridized carbons (Fsp3) is 0.391. The average Bonchev–Trinajstić information content (AvgIpc) is 3.39. The van der Waals surface area contributed by atoms with Crippen molar-refractivity contribution in [2.24, 2.45) is 10.9 Å². The highest BCUT2D eigenvalue weighted by Crippen LogP contribution is 2.44. The Morgan fingerprint density at radius 3 is 2.85 bits per heavy atom. The molecule has 2 N–H and O–H groups in total. The number of alkyl carbamates (subject to hydrolysis) is 1. The highest BCUT2D eigenvalue weighted by atomic mass is 32.1. The molecule has 2 aliphatic rings. The van der Waals surface area contributed by atoms with Crippen molar-refractivity contribution in [2.75, 3.05) is 20.1 Å². The number of rotatable bonds is 2. The summed E-state index contributed by atoms with van der Waals surface area (Å²) >= 11 is 1.43. The minimum atomic E-state index is -0.894. The maximum absolute atomic E-state index is 13.8. The summed E-state index contributed by atoms with van der Waals surface area (Å²) in [5.41, 5.74) is -0.124. The van der Waals surface area contributed by atoms with Crippen LogP contribution >= 0.6 is 11.3 Å². The molecular weight excluding hydrogens is 445 g/mol. The lowest BCUT2D eigenvalue weighted by Crippen LogP contribution is -2.56. The molecule has 3 heterocycles. The standard InChI is InChI=1S/C23H24FN5O3S/c1-22(2,3)32-21(31)27-20-28-23(12-26-10-16(23)19(30)29(20)4)18-8-15(11-33-18)13-5-6-17(24)14(7-13)9-25/h5-8,11,16,26H,10,12H2,1-4H3,(H,27,28,31)/t16?,23-/m0/s1. The van der Waals surface area contributed by atoms with Gasteiger partial charge in [0.2, 0.25) is 11.9 Å². The Hall–Kier alpha value is -3.29. The van der Waals surface area contributed by atoms with Crippen molar-refractivity contribution < 1.29 is 18.7 Å². The SMILES string of the molecule is CN1C(=O)C2CNC[C@]2(c2cc(-c3ccc(F)c(C#N)c3)cs2)N=C1NC(=O)OC(C)(C)C. The quantitative estimate of drug-likeness (QED) is 0.703. The summed E-state index contributed by atoms with van der Waals surface area (Å²) in [6.07, 6.45) is -0.692. The number of carbonyl (C=O) groups is 2. The fourth-order valence-corrected chi connectivity index (χ4v) is 5.15. The number of thiophene rings is 1. The Morgan fingerprint density at radius 2 is 2.15 bits per heavy atom. The second kappa shape index (κ2) is 8.24. The van der Waals surface area contributed by atoms with Crippen LogP contribution in [0.1, 0.15) is 31.2 Å². The third-order valence-corrected chi connectivity index (χ3v) is 6.73. The second-order valence-corrected chi connectivity index (χ2v) is 9.98. The highest BCUT2D eigenvalue weighted by molar-refractivity contribution is 7.10. The Morgan fingerprint density at radius 1 is 1.39 bits per heavy atom. The lowest BCUT2D eigenvalue weighted by Gasteiger charge is -2.38. The third kappa shape index (κ3) is 4.21. The van der Waals surface area contributed by atoms with Crippen molar-refractivity contribution in [3.8, 4) is 17.2 Å². The van der Waals surface area contributed by atoms with E-state index in [0.29, 0.717) is 18.7 Å². The topological polar surface area (TPSA) is 107 Å². The number of guanidine groups is 1. The molecule has 1 aromatic heterocycles. The number of benzene rings is 1. The van der Waals surface area contributed by atoms with Crippen LogP contribution in [0.2, 0.25) is 0 Å². The highest BCUT2D eigenvalue weighted by Gasteiger charge is 2.54. The molecule has 4 rings (SSSR count). The van der Waals surface area contributed by atoms with Crippen molar-refractivity contribution in [3.05, 3.63) is 45.9 Å². The van der Waals surface area contributed by atoms with Gasteiger partial charge in [0.25, 0.3) is 0 Å². The molecule has 10 heteroatoms. The summed E-state index contributed by atoms with van der Waals surface area (Å²) in [5.74, 6) is -1.05. The van der Waals surface area contributed by atoms with Crippen LogP contribution in [0.5, 0.6) is 0 Å². The fourth-order valence-electron chi connectivity index (χ4n) is 4.04. The Kier molecular flexibility index (Phi) is 5.72. The van der Waals surface area contributed by atoms with Crippen LogP contribution in [0.15, 0.2) is 34.6 Å².